The lowest BCUT2D eigenvalue weighted by Crippen LogP contribution is -2.12. The first-order chi connectivity index (χ1) is 8.61. The van der Waals surface area contributed by atoms with Crippen LogP contribution in [-0.4, -0.2) is 9.78 Å². The van der Waals surface area contributed by atoms with E-state index in [9.17, 15) is 0 Å². The van der Waals surface area contributed by atoms with Crippen molar-refractivity contribution >= 4 is 15.9 Å². The average molecular weight is 308 g/mol. The summed E-state index contributed by atoms with van der Waals surface area (Å²) in [6, 6.07) is 6.10. The highest BCUT2D eigenvalue weighted by Crippen LogP contribution is 2.27. The lowest BCUT2D eigenvalue weighted by molar-refractivity contribution is 0.602. The number of rotatable bonds is 4. The molecule has 1 heterocycles. The van der Waals surface area contributed by atoms with E-state index >= 15 is 0 Å². The second-order valence-electron chi connectivity index (χ2n) is 4.54. The van der Waals surface area contributed by atoms with Gasteiger partial charge in [-0.1, -0.05) is 40.5 Å². The van der Waals surface area contributed by atoms with Crippen LogP contribution in [0.5, 0.6) is 0 Å². The van der Waals surface area contributed by atoms with Gasteiger partial charge in [0.25, 0.3) is 0 Å². The Kier molecular flexibility index (Phi) is 4.19. The predicted octanol–water partition coefficient (Wildman–Crippen LogP) is 3.41. The van der Waals surface area contributed by atoms with Crippen molar-refractivity contribution in [2.45, 2.75) is 32.9 Å². The highest BCUT2D eigenvalue weighted by molar-refractivity contribution is 9.10. The molecule has 0 bridgehead atoms. The van der Waals surface area contributed by atoms with Crippen LogP contribution < -0.4 is 5.73 Å². The molecule has 0 aliphatic heterocycles. The Hall–Kier alpha value is -1.13. The quantitative estimate of drug-likeness (QED) is 0.940. The van der Waals surface area contributed by atoms with E-state index in [0.717, 1.165) is 28.6 Å². The fraction of sp³-hybridized carbons (Fsp3) is 0.357. The fourth-order valence-corrected chi connectivity index (χ4v) is 2.47. The molecule has 0 aliphatic rings. The van der Waals surface area contributed by atoms with Crippen LogP contribution in [-0.2, 0) is 6.54 Å². The third-order valence-corrected chi connectivity index (χ3v) is 3.67. The van der Waals surface area contributed by atoms with Gasteiger partial charge >= 0.3 is 0 Å². The number of nitrogens with two attached hydrogens (primary N) is 1. The summed E-state index contributed by atoms with van der Waals surface area (Å²) in [5, 5.41) is 4.33. The number of hydrogen-bond acceptors (Lipinski definition) is 2. The summed E-state index contributed by atoms with van der Waals surface area (Å²) in [6.07, 6.45) is 4.96. The molecule has 0 radical (unpaired) electrons. The van der Waals surface area contributed by atoms with E-state index in [2.05, 4.69) is 47.0 Å². The molecule has 0 fully saturated rings. The van der Waals surface area contributed by atoms with Gasteiger partial charge in [-0.15, -0.1) is 0 Å². The first-order valence-electron chi connectivity index (χ1n) is 6.15. The highest BCUT2D eigenvalue weighted by Gasteiger charge is 2.14. The van der Waals surface area contributed by atoms with Gasteiger partial charge in [-0.3, -0.25) is 4.68 Å². The Morgan fingerprint density at radius 1 is 1.44 bits per heavy atom. The van der Waals surface area contributed by atoms with E-state index in [1.165, 1.54) is 5.56 Å². The van der Waals surface area contributed by atoms with E-state index in [1.807, 2.05) is 23.1 Å². The average Bonchev–Trinajstić information content (AvgIpc) is 2.80. The topological polar surface area (TPSA) is 43.8 Å². The van der Waals surface area contributed by atoms with Gasteiger partial charge in [-0.05, 0) is 25.0 Å². The molecular weight excluding hydrogens is 290 g/mol. The van der Waals surface area contributed by atoms with Gasteiger partial charge in [0, 0.05) is 22.8 Å². The largest absolute Gasteiger partial charge is 0.320 e. The minimum absolute atomic E-state index is 0.134. The van der Waals surface area contributed by atoms with Crippen molar-refractivity contribution in [2.75, 3.05) is 0 Å². The van der Waals surface area contributed by atoms with Gasteiger partial charge in [0.15, 0.2) is 0 Å². The molecular formula is C14H18BrN3. The van der Waals surface area contributed by atoms with Gasteiger partial charge in [0.2, 0.25) is 0 Å². The van der Waals surface area contributed by atoms with Gasteiger partial charge in [-0.25, -0.2) is 0 Å². The van der Waals surface area contributed by atoms with E-state index in [-0.39, 0.29) is 6.04 Å². The third-order valence-electron chi connectivity index (χ3n) is 2.95. The number of aryl methyl sites for hydroxylation is 2. The zero-order valence-corrected chi connectivity index (χ0v) is 12.3. The van der Waals surface area contributed by atoms with E-state index in [1.54, 1.807) is 0 Å². The van der Waals surface area contributed by atoms with Crippen LogP contribution in [0.4, 0.5) is 0 Å². The van der Waals surface area contributed by atoms with Crippen LogP contribution in [0.2, 0.25) is 0 Å². The van der Waals surface area contributed by atoms with E-state index in [0.29, 0.717) is 0 Å². The Balaban J connectivity index is 2.29. The van der Waals surface area contributed by atoms with Crippen molar-refractivity contribution in [1.82, 2.24) is 9.78 Å². The molecule has 96 valence electrons. The van der Waals surface area contributed by atoms with Gasteiger partial charge in [0.05, 0.1) is 12.2 Å². The molecule has 0 saturated heterocycles. The van der Waals surface area contributed by atoms with E-state index in [4.69, 9.17) is 5.73 Å². The molecule has 18 heavy (non-hydrogen) atoms. The van der Waals surface area contributed by atoms with Gasteiger partial charge in [0.1, 0.15) is 0 Å². The van der Waals surface area contributed by atoms with Crippen LogP contribution >= 0.6 is 15.9 Å². The molecule has 2 rings (SSSR count). The van der Waals surface area contributed by atoms with Crippen molar-refractivity contribution in [3.8, 4) is 0 Å². The molecule has 3 nitrogen and oxygen atoms in total. The number of halogens is 1. The molecule has 0 aliphatic carbocycles. The summed E-state index contributed by atoms with van der Waals surface area (Å²) in [7, 11) is 0. The fourth-order valence-electron chi connectivity index (χ4n) is 1.97. The Morgan fingerprint density at radius 3 is 2.94 bits per heavy atom. The first-order valence-corrected chi connectivity index (χ1v) is 6.95. The summed E-state index contributed by atoms with van der Waals surface area (Å²) >= 11 is 3.56. The summed E-state index contributed by atoms with van der Waals surface area (Å²) < 4.78 is 2.99. The van der Waals surface area contributed by atoms with Crippen LogP contribution in [0.25, 0.3) is 0 Å². The Bertz CT molecular complexity index is 534. The molecule has 0 saturated carbocycles. The van der Waals surface area contributed by atoms with Crippen molar-refractivity contribution in [1.29, 1.82) is 0 Å². The molecule has 1 unspecified atom stereocenters. The minimum Gasteiger partial charge on any atom is -0.320 e. The number of benzene rings is 1. The van der Waals surface area contributed by atoms with Crippen LogP contribution in [0.3, 0.4) is 0 Å². The van der Waals surface area contributed by atoms with Crippen LogP contribution in [0, 0.1) is 6.92 Å². The monoisotopic (exact) mass is 307 g/mol. The molecule has 0 amide bonds. The predicted molar refractivity (Wildman–Crippen MR) is 77.4 cm³/mol. The lowest BCUT2D eigenvalue weighted by atomic mass is 10.0. The van der Waals surface area contributed by atoms with Crippen molar-refractivity contribution in [2.24, 2.45) is 5.73 Å². The van der Waals surface area contributed by atoms with Crippen molar-refractivity contribution < 1.29 is 0 Å². The summed E-state index contributed by atoms with van der Waals surface area (Å²) in [6.45, 7) is 5.14. The number of aromatic nitrogens is 2. The first kappa shape index (κ1) is 13.3. The second kappa shape index (κ2) is 5.67. The standard InChI is InChI=1S/C14H18BrN3/c1-3-6-18-9-11(8-17-18)14(16)12-7-10(2)4-5-13(12)15/h4-5,7-9,14H,3,6,16H2,1-2H3. The molecule has 1 aromatic carbocycles. The van der Waals surface area contributed by atoms with Gasteiger partial charge < -0.3 is 5.73 Å². The zero-order chi connectivity index (χ0) is 13.1. The SMILES string of the molecule is CCCn1cc(C(N)c2cc(C)ccc2Br)cn1. The number of hydrogen-bond donors (Lipinski definition) is 1. The minimum atomic E-state index is -0.134. The van der Waals surface area contributed by atoms with Gasteiger partial charge in [-0.2, -0.15) is 5.10 Å². The molecule has 0 spiro atoms. The molecule has 2 aromatic rings. The van der Waals surface area contributed by atoms with Crippen molar-refractivity contribution in [3.05, 3.63) is 51.8 Å². The van der Waals surface area contributed by atoms with Crippen LogP contribution in [0.1, 0.15) is 36.1 Å². The Labute approximate surface area is 116 Å². The highest BCUT2D eigenvalue weighted by atomic mass is 79.9. The molecule has 1 atom stereocenters. The Morgan fingerprint density at radius 2 is 2.22 bits per heavy atom. The summed E-state index contributed by atoms with van der Waals surface area (Å²) in [5.74, 6) is 0. The zero-order valence-electron chi connectivity index (χ0n) is 10.7. The number of nitrogens with zero attached hydrogens (tertiary/aromatic N) is 2. The lowest BCUT2D eigenvalue weighted by Gasteiger charge is -2.13. The normalized spacial score (nSPS) is 12.7. The third kappa shape index (κ3) is 2.82. The van der Waals surface area contributed by atoms with Crippen molar-refractivity contribution in [3.63, 3.8) is 0 Å². The molecule has 1 aromatic heterocycles. The smallest absolute Gasteiger partial charge is 0.0594 e. The molecule has 2 N–H and O–H groups in total. The van der Waals surface area contributed by atoms with Crippen LogP contribution in [0.15, 0.2) is 35.1 Å². The summed E-state index contributed by atoms with van der Waals surface area (Å²) in [4.78, 5) is 0. The maximum Gasteiger partial charge on any atom is 0.0594 e. The summed E-state index contributed by atoms with van der Waals surface area (Å²) in [5.41, 5.74) is 9.68. The molecule has 4 heteroatoms. The van der Waals surface area contributed by atoms with E-state index < -0.39 is 0 Å². The maximum absolute atomic E-state index is 6.31. The second-order valence-corrected chi connectivity index (χ2v) is 5.39. The maximum atomic E-state index is 6.31.